The fourth-order valence-electron chi connectivity index (χ4n) is 1.19. The van der Waals surface area contributed by atoms with Crippen LogP contribution in [-0.4, -0.2) is 11.0 Å². The third kappa shape index (κ3) is 2.72. The van der Waals surface area contributed by atoms with Crippen LogP contribution in [0.4, 0.5) is 0 Å². The summed E-state index contributed by atoms with van der Waals surface area (Å²) in [6.07, 6.45) is 0. The maximum Gasteiger partial charge on any atom is 0.173 e. The van der Waals surface area contributed by atoms with Gasteiger partial charge in [-0.1, -0.05) is 43.3 Å². The molecule has 1 aromatic carbocycles. The Morgan fingerprint density at radius 2 is 1.93 bits per heavy atom. The molecule has 5 nitrogen and oxygen atoms in total. The van der Waals surface area contributed by atoms with E-state index in [0.29, 0.717) is 11.5 Å². The van der Waals surface area contributed by atoms with Gasteiger partial charge < -0.3 is 5.21 Å². The average molecular weight is 204 g/mol. The Hall–Kier alpha value is -2.00. The summed E-state index contributed by atoms with van der Waals surface area (Å²) < 4.78 is 0. The summed E-state index contributed by atoms with van der Waals surface area (Å²) in [5, 5.41) is 14.8. The van der Waals surface area contributed by atoms with Gasteiger partial charge in [-0.05, 0) is 22.1 Å². The second-order valence-corrected chi connectivity index (χ2v) is 3.39. The molecule has 0 saturated carbocycles. The van der Waals surface area contributed by atoms with Crippen molar-refractivity contribution in [2.45, 2.75) is 19.8 Å². The van der Waals surface area contributed by atoms with Gasteiger partial charge in [-0.25, -0.2) is 0 Å². The monoisotopic (exact) mass is 204 g/mol. The zero-order valence-electron chi connectivity index (χ0n) is 8.62. The molecule has 1 aromatic rings. The van der Waals surface area contributed by atoms with Gasteiger partial charge in [0.2, 0.25) is 0 Å². The van der Waals surface area contributed by atoms with Crippen LogP contribution in [-0.2, 0) is 0 Å². The molecule has 0 spiro atoms. The zero-order valence-corrected chi connectivity index (χ0v) is 8.62. The highest BCUT2D eigenvalue weighted by Crippen LogP contribution is 2.15. The van der Waals surface area contributed by atoms with Crippen LogP contribution in [0.15, 0.2) is 34.5 Å². The molecule has 0 bridgehead atoms. The van der Waals surface area contributed by atoms with Crippen molar-refractivity contribution < 1.29 is 5.21 Å². The van der Waals surface area contributed by atoms with Gasteiger partial charge >= 0.3 is 0 Å². The van der Waals surface area contributed by atoms with E-state index >= 15 is 0 Å². The maximum atomic E-state index is 8.61. The lowest BCUT2D eigenvalue weighted by Gasteiger charge is -2.05. The highest BCUT2D eigenvalue weighted by atomic mass is 16.4. The molecule has 0 heterocycles. The quantitative estimate of drug-likeness (QED) is 0.150. The Morgan fingerprint density at radius 1 is 1.33 bits per heavy atom. The van der Waals surface area contributed by atoms with Gasteiger partial charge in [0.05, 0.1) is 0 Å². The Bertz CT molecular complexity index is 402. The SMILES string of the molecule is CC(C)c1ccc(/C(N=[N+]=[N-])=N/O)cc1. The van der Waals surface area contributed by atoms with E-state index in [1.807, 2.05) is 12.1 Å². The molecule has 0 aliphatic rings. The number of amidine groups is 1. The van der Waals surface area contributed by atoms with Gasteiger partial charge in [-0.3, -0.25) is 0 Å². The minimum absolute atomic E-state index is 0.0205. The minimum atomic E-state index is -0.0205. The largest absolute Gasteiger partial charge is 0.410 e. The van der Waals surface area contributed by atoms with Crippen molar-refractivity contribution in [3.63, 3.8) is 0 Å². The average Bonchev–Trinajstić information content (AvgIpc) is 2.26. The van der Waals surface area contributed by atoms with Crippen molar-refractivity contribution in [3.05, 3.63) is 45.8 Å². The summed E-state index contributed by atoms with van der Waals surface area (Å²) in [4.78, 5) is 2.57. The van der Waals surface area contributed by atoms with Crippen LogP contribution >= 0.6 is 0 Å². The van der Waals surface area contributed by atoms with E-state index < -0.39 is 0 Å². The second kappa shape index (κ2) is 5.02. The number of azide groups is 1. The lowest BCUT2D eigenvalue weighted by atomic mass is 10.0. The zero-order chi connectivity index (χ0) is 11.3. The van der Waals surface area contributed by atoms with Crippen LogP contribution < -0.4 is 0 Å². The van der Waals surface area contributed by atoms with Crippen molar-refractivity contribution in [1.29, 1.82) is 0 Å². The molecule has 0 aliphatic heterocycles. The van der Waals surface area contributed by atoms with Crippen LogP contribution in [0.1, 0.15) is 30.9 Å². The molecule has 0 fully saturated rings. The third-order valence-corrected chi connectivity index (χ3v) is 2.07. The lowest BCUT2D eigenvalue weighted by Crippen LogP contribution is -1.96. The summed E-state index contributed by atoms with van der Waals surface area (Å²) in [5.74, 6) is 0.417. The van der Waals surface area contributed by atoms with Gasteiger partial charge in [-0.15, -0.1) is 0 Å². The summed E-state index contributed by atoms with van der Waals surface area (Å²) >= 11 is 0. The molecular formula is C10H12N4O. The van der Waals surface area contributed by atoms with Crippen LogP contribution in [0.3, 0.4) is 0 Å². The summed E-state index contributed by atoms with van der Waals surface area (Å²) in [6, 6.07) is 7.36. The van der Waals surface area contributed by atoms with Gasteiger partial charge in [0.25, 0.3) is 0 Å². The summed E-state index contributed by atoms with van der Waals surface area (Å²) in [6.45, 7) is 4.17. The van der Waals surface area contributed by atoms with Crippen molar-refractivity contribution in [1.82, 2.24) is 0 Å². The fourth-order valence-corrected chi connectivity index (χ4v) is 1.19. The van der Waals surface area contributed by atoms with E-state index in [2.05, 4.69) is 29.0 Å². The molecule has 1 N–H and O–H groups in total. The van der Waals surface area contributed by atoms with Crippen LogP contribution in [0.2, 0.25) is 0 Å². The van der Waals surface area contributed by atoms with E-state index in [1.54, 1.807) is 12.1 Å². The van der Waals surface area contributed by atoms with Crippen LogP contribution in [0.5, 0.6) is 0 Å². The fraction of sp³-hybridized carbons (Fsp3) is 0.300. The van der Waals surface area contributed by atoms with Crippen molar-refractivity contribution in [2.24, 2.45) is 10.3 Å². The number of hydrogen-bond donors (Lipinski definition) is 1. The second-order valence-electron chi connectivity index (χ2n) is 3.39. The predicted molar refractivity (Wildman–Crippen MR) is 58.0 cm³/mol. The molecule has 5 heteroatoms. The maximum absolute atomic E-state index is 8.61. The number of hydrogen-bond acceptors (Lipinski definition) is 2. The van der Waals surface area contributed by atoms with Crippen LogP contribution in [0, 0.1) is 0 Å². The molecule has 0 unspecified atom stereocenters. The molecule has 1 rings (SSSR count). The van der Waals surface area contributed by atoms with E-state index in [-0.39, 0.29) is 5.84 Å². The molecule has 0 aromatic heterocycles. The van der Waals surface area contributed by atoms with Gasteiger partial charge in [0, 0.05) is 10.5 Å². The standard InChI is InChI=1S/C10H12N4O/c1-7(2)8-3-5-9(6-4-8)10(13-15)12-14-11/h3-7,15H,1-2H3/b13-10-. The number of nitrogens with zero attached hydrogens (tertiary/aromatic N) is 4. The van der Waals surface area contributed by atoms with Crippen molar-refractivity contribution >= 4 is 5.84 Å². The lowest BCUT2D eigenvalue weighted by molar-refractivity contribution is 0.318. The molecule has 0 radical (unpaired) electrons. The van der Waals surface area contributed by atoms with Crippen molar-refractivity contribution in [2.75, 3.05) is 0 Å². The Kier molecular flexibility index (Phi) is 3.71. The summed E-state index contributed by atoms with van der Waals surface area (Å²) in [5.41, 5.74) is 10.0. The minimum Gasteiger partial charge on any atom is -0.410 e. The molecule has 0 atom stereocenters. The number of benzene rings is 1. The molecule has 0 aliphatic carbocycles. The van der Waals surface area contributed by atoms with Crippen LogP contribution in [0.25, 0.3) is 10.4 Å². The first kappa shape index (κ1) is 11.1. The van der Waals surface area contributed by atoms with E-state index in [4.69, 9.17) is 10.7 Å². The Labute approximate surface area is 87.7 Å². The first-order valence-corrected chi connectivity index (χ1v) is 4.56. The highest BCUT2D eigenvalue weighted by molar-refractivity contribution is 5.98. The Balaban J connectivity index is 3.02. The number of rotatable bonds is 2. The van der Waals surface area contributed by atoms with E-state index in [9.17, 15) is 0 Å². The highest BCUT2D eigenvalue weighted by Gasteiger charge is 2.03. The first-order chi connectivity index (χ1) is 7.19. The van der Waals surface area contributed by atoms with Gasteiger partial charge in [-0.2, -0.15) is 0 Å². The van der Waals surface area contributed by atoms with Gasteiger partial charge in [0.15, 0.2) is 5.84 Å². The Morgan fingerprint density at radius 3 is 2.33 bits per heavy atom. The molecular weight excluding hydrogens is 192 g/mol. The van der Waals surface area contributed by atoms with Crippen molar-refractivity contribution in [3.8, 4) is 0 Å². The van der Waals surface area contributed by atoms with E-state index in [0.717, 1.165) is 0 Å². The first-order valence-electron chi connectivity index (χ1n) is 4.56. The topological polar surface area (TPSA) is 81.4 Å². The molecule has 78 valence electrons. The molecule has 0 saturated heterocycles. The predicted octanol–water partition coefficient (Wildman–Crippen LogP) is 3.26. The van der Waals surface area contributed by atoms with Gasteiger partial charge in [0.1, 0.15) is 0 Å². The normalized spacial score (nSPS) is 11.3. The number of oxime groups is 1. The molecule has 0 amide bonds. The molecule has 15 heavy (non-hydrogen) atoms. The van der Waals surface area contributed by atoms with E-state index in [1.165, 1.54) is 5.56 Å². The summed E-state index contributed by atoms with van der Waals surface area (Å²) in [7, 11) is 0. The smallest absolute Gasteiger partial charge is 0.173 e. The third-order valence-electron chi connectivity index (χ3n) is 2.07.